The molecule has 0 spiro atoms. The van der Waals surface area contributed by atoms with Gasteiger partial charge in [-0.15, -0.1) is 0 Å². The van der Waals surface area contributed by atoms with Crippen LogP contribution in [0.4, 0.5) is 11.5 Å². The number of aromatic carboxylic acids is 1. The number of pyridine rings is 1. The van der Waals surface area contributed by atoms with Crippen molar-refractivity contribution in [2.45, 2.75) is 25.4 Å². The van der Waals surface area contributed by atoms with Gasteiger partial charge in [0.25, 0.3) is 0 Å². The summed E-state index contributed by atoms with van der Waals surface area (Å²) in [5, 5.41) is 22.6. The number of aromatic nitrogens is 1. The van der Waals surface area contributed by atoms with E-state index in [1.54, 1.807) is 0 Å². The Morgan fingerprint density at radius 2 is 2.45 bits per heavy atom. The number of hydrogen-bond acceptors (Lipinski definition) is 6. The molecule has 2 heterocycles. The Morgan fingerprint density at radius 3 is 3.05 bits per heavy atom. The molecule has 0 aliphatic carbocycles. The summed E-state index contributed by atoms with van der Waals surface area (Å²) in [5.41, 5.74) is -0.883. The van der Waals surface area contributed by atoms with E-state index < -0.39 is 16.6 Å². The van der Waals surface area contributed by atoms with Crippen LogP contribution in [0.3, 0.4) is 0 Å². The maximum Gasteiger partial charge on any atom is 0.342 e. The molecule has 2 N–H and O–H groups in total. The average molecular weight is 281 g/mol. The van der Waals surface area contributed by atoms with Gasteiger partial charge < -0.3 is 15.2 Å². The summed E-state index contributed by atoms with van der Waals surface area (Å²) in [6, 6.07) is 1.18. The third kappa shape index (κ3) is 3.41. The van der Waals surface area contributed by atoms with Crippen LogP contribution in [0.5, 0.6) is 0 Å². The molecule has 0 radical (unpaired) electrons. The van der Waals surface area contributed by atoms with E-state index in [-0.39, 0.29) is 11.7 Å². The fourth-order valence-electron chi connectivity index (χ4n) is 2.09. The van der Waals surface area contributed by atoms with Gasteiger partial charge in [0, 0.05) is 19.2 Å². The standard InChI is InChI=1S/C12H15N3O5/c16-12(17)9-6-11(14-7-10(9)15(18)19)13-4-3-8-2-1-5-20-8/h6-8H,1-5H2,(H,13,14)(H,16,17). The Labute approximate surface area is 114 Å². The van der Waals surface area contributed by atoms with Crippen LogP contribution >= 0.6 is 0 Å². The highest BCUT2D eigenvalue weighted by Crippen LogP contribution is 2.21. The first-order chi connectivity index (χ1) is 9.58. The van der Waals surface area contributed by atoms with Gasteiger partial charge in [-0.2, -0.15) is 0 Å². The molecule has 1 fully saturated rings. The first-order valence-electron chi connectivity index (χ1n) is 6.31. The number of ether oxygens (including phenoxy) is 1. The minimum Gasteiger partial charge on any atom is -0.477 e. The summed E-state index contributed by atoms with van der Waals surface area (Å²) in [6.45, 7) is 1.36. The average Bonchev–Trinajstić information content (AvgIpc) is 2.91. The van der Waals surface area contributed by atoms with Gasteiger partial charge in [0.05, 0.1) is 11.0 Å². The first kappa shape index (κ1) is 14.2. The number of carbonyl (C=O) groups is 1. The van der Waals surface area contributed by atoms with Crippen molar-refractivity contribution in [3.8, 4) is 0 Å². The second-order valence-corrected chi connectivity index (χ2v) is 4.50. The monoisotopic (exact) mass is 281 g/mol. The zero-order valence-corrected chi connectivity index (χ0v) is 10.7. The van der Waals surface area contributed by atoms with Crippen molar-refractivity contribution in [2.75, 3.05) is 18.5 Å². The van der Waals surface area contributed by atoms with E-state index in [0.29, 0.717) is 12.4 Å². The third-order valence-electron chi connectivity index (χ3n) is 3.11. The molecule has 1 atom stereocenters. The maximum absolute atomic E-state index is 11.0. The number of carboxylic acids is 1. The number of hydrogen-bond donors (Lipinski definition) is 2. The molecule has 0 amide bonds. The predicted octanol–water partition coefficient (Wildman–Crippen LogP) is 1.67. The van der Waals surface area contributed by atoms with Crippen molar-refractivity contribution in [2.24, 2.45) is 0 Å². The third-order valence-corrected chi connectivity index (χ3v) is 3.11. The van der Waals surface area contributed by atoms with Gasteiger partial charge in [0.2, 0.25) is 0 Å². The summed E-state index contributed by atoms with van der Waals surface area (Å²) in [4.78, 5) is 24.8. The first-order valence-corrected chi connectivity index (χ1v) is 6.31. The van der Waals surface area contributed by atoms with E-state index in [2.05, 4.69) is 10.3 Å². The van der Waals surface area contributed by atoms with E-state index in [4.69, 9.17) is 9.84 Å². The summed E-state index contributed by atoms with van der Waals surface area (Å²) in [6.07, 6.45) is 4.05. The van der Waals surface area contributed by atoms with E-state index in [0.717, 1.165) is 32.1 Å². The van der Waals surface area contributed by atoms with Gasteiger partial charge in [-0.05, 0) is 19.3 Å². The van der Waals surface area contributed by atoms with E-state index in [1.807, 2.05) is 0 Å². The van der Waals surface area contributed by atoms with Crippen molar-refractivity contribution in [1.29, 1.82) is 0 Å². The van der Waals surface area contributed by atoms with Gasteiger partial charge in [-0.3, -0.25) is 10.1 Å². The molecule has 8 heteroatoms. The van der Waals surface area contributed by atoms with Gasteiger partial charge in [-0.1, -0.05) is 0 Å². The lowest BCUT2D eigenvalue weighted by Crippen LogP contribution is -2.13. The zero-order chi connectivity index (χ0) is 14.5. The lowest BCUT2D eigenvalue weighted by atomic mass is 10.2. The van der Waals surface area contributed by atoms with E-state index in [9.17, 15) is 14.9 Å². The quantitative estimate of drug-likeness (QED) is 0.602. The van der Waals surface area contributed by atoms with Crippen LogP contribution in [0.2, 0.25) is 0 Å². The normalized spacial score (nSPS) is 17.9. The Bertz CT molecular complexity index is 514. The predicted molar refractivity (Wildman–Crippen MR) is 69.9 cm³/mol. The molecule has 1 aliphatic heterocycles. The highest BCUT2D eigenvalue weighted by atomic mass is 16.6. The summed E-state index contributed by atoms with van der Waals surface area (Å²) in [7, 11) is 0. The summed E-state index contributed by atoms with van der Waals surface area (Å²) >= 11 is 0. The second kappa shape index (κ2) is 6.29. The SMILES string of the molecule is O=C(O)c1cc(NCCC2CCCO2)ncc1[N+](=O)[O-]. The molecule has 8 nitrogen and oxygen atoms in total. The Morgan fingerprint density at radius 1 is 1.65 bits per heavy atom. The Hall–Kier alpha value is -2.22. The second-order valence-electron chi connectivity index (χ2n) is 4.50. The van der Waals surface area contributed by atoms with Crippen LogP contribution in [0.25, 0.3) is 0 Å². The molecule has 0 aromatic carbocycles. The smallest absolute Gasteiger partial charge is 0.342 e. The highest BCUT2D eigenvalue weighted by molar-refractivity contribution is 5.93. The minimum atomic E-state index is -1.35. The fourth-order valence-corrected chi connectivity index (χ4v) is 2.09. The molecular weight excluding hydrogens is 266 g/mol. The van der Waals surface area contributed by atoms with Gasteiger partial charge in [0.15, 0.2) is 0 Å². The molecule has 0 bridgehead atoms. The van der Waals surface area contributed by atoms with Crippen LogP contribution in [-0.4, -0.2) is 40.2 Å². The van der Waals surface area contributed by atoms with Crippen LogP contribution < -0.4 is 5.32 Å². The molecule has 1 aliphatic rings. The maximum atomic E-state index is 11.0. The molecule has 0 saturated carbocycles. The van der Waals surface area contributed by atoms with Crippen LogP contribution in [-0.2, 0) is 4.74 Å². The zero-order valence-electron chi connectivity index (χ0n) is 10.7. The molecule has 1 aromatic heterocycles. The number of nitrogens with one attached hydrogen (secondary N) is 1. The van der Waals surface area contributed by atoms with Gasteiger partial charge >= 0.3 is 11.7 Å². The summed E-state index contributed by atoms with van der Waals surface area (Å²) < 4.78 is 5.46. The largest absolute Gasteiger partial charge is 0.477 e. The van der Waals surface area contributed by atoms with Crippen molar-refractivity contribution >= 4 is 17.5 Å². The van der Waals surface area contributed by atoms with E-state index in [1.165, 1.54) is 6.07 Å². The molecule has 1 saturated heterocycles. The number of nitro groups is 1. The van der Waals surface area contributed by atoms with Crippen molar-refractivity contribution in [3.05, 3.63) is 27.9 Å². The molecule has 2 rings (SSSR count). The van der Waals surface area contributed by atoms with Crippen molar-refractivity contribution in [3.63, 3.8) is 0 Å². The Balaban J connectivity index is 1.99. The van der Waals surface area contributed by atoms with Crippen LogP contribution in [0.1, 0.15) is 29.6 Å². The molecule has 20 heavy (non-hydrogen) atoms. The summed E-state index contributed by atoms with van der Waals surface area (Å²) in [5.74, 6) is -1.03. The minimum absolute atomic E-state index is 0.222. The highest BCUT2D eigenvalue weighted by Gasteiger charge is 2.21. The molecular formula is C12H15N3O5. The van der Waals surface area contributed by atoms with Crippen LogP contribution in [0, 0.1) is 10.1 Å². The fraction of sp³-hybridized carbons (Fsp3) is 0.500. The van der Waals surface area contributed by atoms with Crippen molar-refractivity contribution < 1.29 is 19.6 Å². The Kier molecular flexibility index (Phi) is 4.46. The number of anilines is 1. The lowest BCUT2D eigenvalue weighted by molar-refractivity contribution is -0.385. The van der Waals surface area contributed by atoms with Crippen molar-refractivity contribution in [1.82, 2.24) is 4.98 Å². The topological polar surface area (TPSA) is 115 Å². The number of nitrogens with zero attached hydrogens (tertiary/aromatic N) is 2. The molecule has 108 valence electrons. The van der Waals surface area contributed by atoms with Gasteiger partial charge in [0.1, 0.15) is 17.6 Å². The molecule has 1 unspecified atom stereocenters. The van der Waals surface area contributed by atoms with Crippen LogP contribution in [0.15, 0.2) is 12.3 Å². The number of carboxylic acid groups (broad SMARTS) is 1. The van der Waals surface area contributed by atoms with E-state index >= 15 is 0 Å². The molecule has 1 aromatic rings. The number of rotatable bonds is 6. The van der Waals surface area contributed by atoms with Gasteiger partial charge in [-0.25, -0.2) is 9.78 Å². The lowest BCUT2D eigenvalue weighted by Gasteiger charge is -2.10.